The highest BCUT2D eigenvalue weighted by Crippen LogP contribution is 2.27. The van der Waals surface area contributed by atoms with Crippen molar-refractivity contribution < 1.29 is 14.3 Å². The number of fused-ring (bicyclic) bond motifs is 1. The number of rotatable bonds is 6. The number of amides is 2. The van der Waals surface area contributed by atoms with E-state index in [2.05, 4.69) is 28.4 Å². The van der Waals surface area contributed by atoms with E-state index in [9.17, 15) is 9.59 Å². The Hall–Kier alpha value is -3.80. The number of piperidine rings is 1. The molecule has 2 aliphatic heterocycles. The van der Waals surface area contributed by atoms with E-state index in [1.807, 2.05) is 65.6 Å². The van der Waals surface area contributed by atoms with Crippen molar-refractivity contribution in [1.29, 1.82) is 0 Å². The van der Waals surface area contributed by atoms with Gasteiger partial charge in [-0.2, -0.15) is 0 Å². The summed E-state index contributed by atoms with van der Waals surface area (Å²) in [6, 6.07) is 25.8. The molecule has 1 fully saturated rings. The van der Waals surface area contributed by atoms with Gasteiger partial charge in [0.25, 0.3) is 11.8 Å². The Balaban J connectivity index is 1.17. The number of para-hydroxylation sites is 2. The molecule has 35 heavy (non-hydrogen) atoms. The van der Waals surface area contributed by atoms with E-state index in [4.69, 9.17) is 4.74 Å². The number of hydrogen-bond donors (Lipinski definition) is 1. The van der Waals surface area contributed by atoms with Crippen LogP contribution in [0.1, 0.15) is 34.3 Å². The van der Waals surface area contributed by atoms with Gasteiger partial charge in [0.1, 0.15) is 5.75 Å². The van der Waals surface area contributed by atoms with Gasteiger partial charge in [-0.1, -0.05) is 54.6 Å². The highest BCUT2D eigenvalue weighted by molar-refractivity contribution is 6.00. The number of nitrogens with one attached hydrogen (secondary N) is 1. The van der Waals surface area contributed by atoms with Crippen LogP contribution in [0.3, 0.4) is 0 Å². The summed E-state index contributed by atoms with van der Waals surface area (Å²) in [4.78, 5) is 30.1. The standard InChI is InChI=1S/C29H31N3O3/c33-28(21-35-25-10-2-1-3-11-25)30-24-15-18-31(19-16-24)27-13-7-6-12-26(27)29(34)32-17-14-22-8-4-5-9-23(22)20-32/h1-13,24H,14-21H2,(H,30,33). The SMILES string of the molecule is O=C(COc1ccccc1)NC1CCN(c2ccccc2C(=O)N2CCc3ccccc3C2)CC1. The Morgan fingerprint density at radius 1 is 0.829 bits per heavy atom. The Bertz CT molecular complexity index is 1170. The van der Waals surface area contributed by atoms with Crippen molar-refractivity contribution in [1.82, 2.24) is 10.2 Å². The zero-order chi connectivity index (χ0) is 24.0. The van der Waals surface area contributed by atoms with Crippen LogP contribution in [0, 0.1) is 0 Å². The molecule has 0 aromatic heterocycles. The van der Waals surface area contributed by atoms with Crippen molar-refractivity contribution in [3.05, 3.63) is 95.6 Å². The maximum absolute atomic E-state index is 13.5. The molecule has 6 nitrogen and oxygen atoms in total. The molecule has 0 spiro atoms. The van der Waals surface area contributed by atoms with Crippen LogP contribution in [0.2, 0.25) is 0 Å². The van der Waals surface area contributed by atoms with E-state index in [1.54, 1.807) is 0 Å². The fourth-order valence-electron chi connectivity index (χ4n) is 4.97. The quantitative estimate of drug-likeness (QED) is 0.592. The lowest BCUT2D eigenvalue weighted by atomic mass is 9.98. The number of hydrogen-bond acceptors (Lipinski definition) is 4. The number of anilines is 1. The summed E-state index contributed by atoms with van der Waals surface area (Å²) in [5.41, 5.74) is 4.31. The van der Waals surface area contributed by atoms with Crippen LogP contribution in [0.15, 0.2) is 78.9 Å². The number of ether oxygens (including phenoxy) is 1. The van der Waals surface area contributed by atoms with E-state index in [0.29, 0.717) is 12.3 Å². The van der Waals surface area contributed by atoms with Crippen LogP contribution in [-0.4, -0.2) is 49.0 Å². The average Bonchev–Trinajstić information content (AvgIpc) is 2.92. The molecule has 180 valence electrons. The minimum atomic E-state index is -0.103. The summed E-state index contributed by atoms with van der Waals surface area (Å²) in [5.74, 6) is 0.674. The molecule has 5 rings (SSSR count). The number of benzene rings is 3. The highest BCUT2D eigenvalue weighted by Gasteiger charge is 2.27. The van der Waals surface area contributed by atoms with Crippen LogP contribution >= 0.6 is 0 Å². The first-order valence-corrected chi connectivity index (χ1v) is 12.3. The molecule has 0 radical (unpaired) electrons. The molecular weight excluding hydrogens is 438 g/mol. The summed E-state index contributed by atoms with van der Waals surface area (Å²) >= 11 is 0. The predicted molar refractivity (Wildman–Crippen MR) is 137 cm³/mol. The molecule has 1 saturated heterocycles. The van der Waals surface area contributed by atoms with Crippen molar-refractivity contribution in [3.8, 4) is 5.75 Å². The second-order valence-corrected chi connectivity index (χ2v) is 9.19. The zero-order valence-electron chi connectivity index (χ0n) is 19.9. The normalized spacial score (nSPS) is 15.9. The van der Waals surface area contributed by atoms with Gasteiger partial charge in [-0.05, 0) is 54.7 Å². The fraction of sp³-hybridized carbons (Fsp3) is 0.310. The smallest absolute Gasteiger partial charge is 0.258 e. The fourth-order valence-corrected chi connectivity index (χ4v) is 4.97. The zero-order valence-corrected chi connectivity index (χ0v) is 19.9. The van der Waals surface area contributed by atoms with Gasteiger partial charge in [-0.15, -0.1) is 0 Å². The summed E-state index contributed by atoms with van der Waals surface area (Å²) in [7, 11) is 0. The lowest BCUT2D eigenvalue weighted by Gasteiger charge is -2.36. The van der Waals surface area contributed by atoms with Crippen LogP contribution in [0.25, 0.3) is 0 Å². The predicted octanol–water partition coefficient (Wildman–Crippen LogP) is 4.05. The Kier molecular flexibility index (Phi) is 6.98. The van der Waals surface area contributed by atoms with Gasteiger partial charge in [0, 0.05) is 37.9 Å². The first-order chi connectivity index (χ1) is 17.2. The second kappa shape index (κ2) is 10.6. The third kappa shape index (κ3) is 5.48. The Labute approximate surface area is 206 Å². The summed E-state index contributed by atoms with van der Waals surface area (Å²) in [5, 5.41) is 3.09. The molecule has 2 aliphatic rings. The molecule has 1 N–H and O–H groups in total. The van der Waals surface area contributed by atoms with E-state index in [-0.39, 0.29) is 24.5 Å². The van der Waals surface area contributed by atoms with Gasteiger partial charge >= 0.3 is 0 Å². The van der Waals surface area contributed by atoms with Crippen molar-refractivity contribution >= 4 is 17.5 Å². The van der Waals surface area contributed by atoms with Crippen molar-refractivity contribution in [2.24, 2.45) is 0 Å². The van der Waals surface area contributed by atoms with Gasteiger partial charge in [0.15, 0.2) is 6.61 Å². The lowest BCUT2D eigenvalue weighted by Crippen LogP contribution is -2.46. The molecule has 6 heteroatoms. The third-order valence-corrected chi connectivity index (χ3v) is 6.87. The van der Waals surface area contributed by atoms with E-state index < -0.39 is 0 Å². The number of carbonyl (C=O) groups excluding carboxylic acids is 2. The first-order valence-electron chi connectivity index (χ1n) is 12.3. The van der Waals surface area contributed by atoms with Crippen LogP contribution in [0.5, 0.6) is 5.75 Å². The number of carbonyl (C=O) groups is 2. The van der Waals surface area contributed by atoms with Crippen molar-refractivity contribution in [2.45, 2.75) is 31.8 Å². The Morgan fingerprint density at radius 2 is 1.51 bits per heavy atom. The Morgan fingerprint density at radius 3 is 2.31 bits per heavy atom. The van der Waals surface area contributed by atoms with Crippen molar-refractivity contribution in [3.63, 3.8) is 0 Å². The van der Waals surface area contributed by atoms with Crippen LogP contribution in [-0.2, 0) is 17.8 Å². The van der Waals surface area contributed by atoms with Crippen molar-refractivity contribution in [2.75, 3.05) is 31.1 Å². The summed E-state index contributed by atoms with van der Waals surface area (Å²) in [6.45, 7) is 2.99. The molecule has 0 bridgehead atoms. The van der Waals surface area contributed by atoms with Crippen LogP contribution in [0.4, 0.5) is 5.69 Å². The third-order valence-electron chi connectivity index (χ3n) is 6.87. The number of nitrogens with zero attached hydrogens (tertiary/aromatic N) is 2. The van der Waals surface area contributed by atoms with Gasteiger partial charge in [0.2, 0.25) is 0 Å². The minimum Gasteiger partial charge on any atom is -0.484 e. The summed E-state index contributed by atoms with van der Waals surface area (Å²) < 4.78 is 5.56. The van der Waals surface area contributed by atoms with Crippen LogP contribution < -0.4 is 15.0 Å². The molecule has 3 aromatic rings. The van der Waals surface area contributed by atoms with Gasteiger partial charge in [-0.3, -0.25) is 9.59 Å². The second-order valence-electron chi connectivity index (χ2n) is 9.19. The molecule has 0 saturated carbocycles. The topological polar surface area (TPSA) is 61.9 Å². The van der Waals surface area contributed by atoms with E-state index in [0.717, 1.165) is 50.1 Å². The first kappa shape index (κ1) is 23.0. The van der Waals surface area contributed by atoms with E-state index >= 15 is 0 Å². The maximum atomic E-state index is 13.5. The molecule has 0 atom stereocenters. The maximum Gasteiger partial charge on any atom is 0.258 e. The van der Waals surface area contributed by atoms with Gasteiger partial charge in [-0.25, -0.2) is 0 Å². The van der Waals surface area contributed by atoms with Gasteiger partial charge in [0.05, 0.1) is 5.56 Å². The molecule has 2 heterocycles. The molecule has 0 aliphatic carbocycles. The summed E-state index contributed by atoms with van der Waals surface area (Å²) in [6.07, 6.45) is 2.55. The highest BCUT2D eigenvalue weighted by atomic mass is 16.5. The van der Waals surface area contributed by atoms with E-state index in [1.165, 1.54) is 11.1 Å². The van der Waals surface area contributed by atoms with Gasteiger partial charge < -0.3 is 19.9 Å². The lowest BCUT2D eigenvalue weighted by molar-refractivity contribution is -0.123. The molecule has 0 unspecified atom stereocenters. The average molecular weight is 470 g/mol. The largest absolute Gasteiger partial charge is 0.484 e. The molecule has 2 amide bonds. The minimum absolute atomic E-state index is 0.0144. The molecule has 3 aromatic carbocycles. The molecular formula is C29H31N3O3. The monoisotopic (exact) mass is 469 g/mol.